The average molecular weight is 222 g/mol. The fourth-order valence-electron chi connectivity index (χ4n) is 1.36. The molecule has 0 N–H and O–H groups in total. The molecule has 0 fully saturated rings. The highest BCUT2D eigenvalue weighted by molar-refractivity contribution is 8.13. The summed E-state index contributed by atoms with van der Waals surface area (Å²) in [5, 5.41) is 0.00584. The topological polar surface area (TPSA) is 34.1 Å². The van der Waals surface area contributed by atoms with Gasteiger partial charge in [-0.1, -0.05) is 42.1 Å². The first-order valence-electron chi connectivity index (χ1n) is 4.81. The predicted octanol–water partition coefficient (Wildman–Crippen LogP) is 2.99. The molecular formula is C12H14O2S. The number of carbonyl (C=O) groups excluding carboxylic acids is 2. The molecule has 1 unspecified atom stereocenters. The van der Waals surface area contributed by atoms with E-state index >= 15 is 0 Å². The van der Waals surface area contributed by atoms with Crippen LogP contribution in [0.15, 0.2) is 30.3 Å². The Morgan fingerprint density at radius 1 is 1.20 bits per heavy atom. The molecule has 0 amide bonds. The summed E-state index contributed by atoms with van der Waals surface area (Å²) in [7, 11) is 0. The summed E-state index contributed by atoms with van der Waals surface area (Å²) in [6, 6.07) is 9.66. The van der Waals surface area contributed by atoms with Crippen molar-refractivity contribution in [3.8, 4) is 0 Å². The van der Waals surface area contributed by atoms with Crippen LogP contribution in [0.2, 0.25) is 0 Å². The van der Waals surface area contributed by atoms with Crippen LogP contribution in [-0.2, 0) is 9.59 Å². The molecule has 0 aromatic heterocycles. The minimum absolute atomic E-state index is 0.0406. The van der Waals surface area contributed by atoms with Crippen LogP contribution in [0, 0.1) is 0 Å². The van der Waals surface area contributed by atoms with Crippen LogP contribution >= 0.6 is 11.8 Å². The van der Waals surface area contributed by atoms with Gasteiger partial charge in [-0.3, -0.25) is 9.59 Å². The summed E-state index contributed by atoms with van der Waals surface area (Å²) >= 11 is 1.22. The molecule has 1 rings (SSSR count). The number of hydrogen-bond acceptors (Lipinski definition) is 3. The zero-order valence-corrected chi connectivity index (χ0v) is 9.71. The van der Waals surface area contributed by atoms with Gasteiger partial charge in [0.25, 0.3) is 0 Å². The first kappa shape index (κ1) is 12.0. The lowest BCUT2D eigenvalue weighted by molar-refractivity contribution is -0.117. The van der Waals surface area contributed by atoms with Crippen LogP contribution in [0.25, 0.3) is 0 Å². The van der Waals surface area contributed by atoms with E-state index in [1.54, 1.807) is 6.92 Å². The van der Waals surface area contributed by atoms with E-state index in [0.717, 1.165) is 5.56 Å². The van der Waals surface area contributed by atoms with E-state index in [4.69, 9.17) is 0 Å². The van der Waals surface area contributed by atoms with Gasteiger partial charge in [0.15, 0.2) is 5.12 Å². The number of ketones is 1. The van der Waals surface area contributed by atoms with E-state index in [9.17, 15) is 9.59 Å². The molecule has 0 saturated carbocycles. The largest absolute Gasteiger partial charge is 0.300 e. The second kappa shape index (κ2) is 5.71. The lowest BCUT2D eigenvalue weighted by atomic mass is 10.1. The van der Waals surface area contributed by atoms with Crippen molar-refractivity contribution in [1.82, 2.24) is 0 Å². The first-order chi connectivity index (χ1) is 7.09. The number of rotatable bonds is 4. The SMILES string of the molecule is CC(=O)CC(SC(C)=O)c1ccccc1. The number of hydrogen-bond donors (Lipinski definition) is 0. The van der Waals surface area contributed by atoms with Crippen molar-refractivity contribution in [2.24, 2.45) is 0 Å². The highest BCUT2D eigenvalue weighted by Crippen LogP contribution is 2.32. The Labute approximate surface area is 94.1 Å². The van der Waals surface area contributed by atoms with E-state index in [-0.39, 0.29) is 16.1 Å². The van der Waals surface area contributed by atoms with Gasteiger partial charge in [-0.2, -0.15) is 0 Å². The maximum atomic E-state index is 11.1. The molecule has 1 aromatic carbocycles. The van der Waals surface area contributed by atoms with Gasteiger partial charge >= 0.3 is 0 Å². The van der Waals surface area contributed by atoms with Crippen molar-refractivity contribution in [3.05, 3.63) is 35.9 Å². The van der Waals surface area contributed by atoms with Crippen molar-refractivity contribution >= 4 is 22.7 Å². The lowest BCUT2D eigenvalue weighted by Crippen LogP contribution is -2.02. The third kappa shape index (κ3) is 4.30. The van der Waals surface area contributed by atoms with Crippen LogP contribution in [-0.4, -0.2) is 10.9 Å². The highest BCUT2D eigenvalue weighted by atomic mass is 32.2. The first-order valence-corrected chi connectivity index (χ1v) is 5.69. The molecule has 0 bridgehead atoms. The van der Waals surface area contributed by atoms with E-state index < -0.39 is 0 Å². The second-order valence-corrected chi connectivity index (χ2v) is 4.79. The van der Waals surface area contributed by atoms with Gasteiger partial charge in [0.2, 0.25) is 0 Å². The summed E-state index contributed by atoms with van der Waals surface area (Å²) < 4.78 is 0. The number of benzene rings is 1. The Kier molecular flexibility index (Phi) is 4.56. The fourth-order valence-corrected chi connectivity index (χ4v) is 2.37. The molecule has 0 heterocycles. The van der Waals surface area contributed by atoms with Crippen LogP contribution in [0.4, 0.5) is 0 Å². The summed E-state index contributed by atoms with van der Waals surface area (Å²) in [4.78, 5) is 22.1. The fraction of sp³-hybridized carbons (Fsp3) is 0.333. The van der Waals surface area contributed by atoms with Crippen molar-refractivity contribution in [2.75, 3.05) is 0 Å². The Morgan fingerprint density at radius 3 is 2.27 bits per heavy atom. The van der Waals surface area contributed by atoms with Crippen molar-refractivity contribution in [2.45, 2.75) is 25.5 Å². The Hall–Kier alpha value is -1.09. The summed E-state index contributed by atoms with van der Waals surface area (Å²) in [6.07, 6.45) is 0.411. The zero-order chi connectivity index (χ0) is 11.3. The monoisotopic (exact) mass is 222 g/mol. The van der Waals surface area contributed by atoms with E-state index in [1.807, 2.05) is 30.3 Å². The summed E-state index contributed by atoms with van der Waals surface area (Å²) in [6.45, 7) is 3.08. The number of Topliss-reactive ketones (excluding diaryl/α,β-unsaturated/α-hetero) is 1. The Bertz CT molecular complexity index is 330. The smallest absolute Gasteiger partial charge is 0.186 e. The highest BCUT2D eigenvalue weighted by Gasteiger charge is 2.16. The molecule has 0 aliphatic carbocycles. The molecule has 2 nitrogen and oxygen atoms in total. The van der Waals surface area contributed by atoms with E-state index in [0.29, 0.717) is 6.42 Å². The molecule has 0 aliphatic rings. The Morgan fingerprint density at radius 2 is 1.80 bits per heavy atom. The Balaban J connectivity index is 2.81. The van der Waals surface area contributed by atoms with Crippen molar-refractivity contribution in [1.29, 1.82) is 0 Å². The van der Waals surface area contributed by atoms with Crippen LogP contribution in [0.1, 0.15) is 31.1 Å². The van der Waals surface area contributed by atoms with E-state index in [2.05, 4.69) is 0 Å². The molecule has 3 heteroatoms. The van der Waals surface area contributed by atoms with Gasteiger partial charge in [-0.25, -0.2) is 0 Å². The van der Waals surface area contributed by atoms with Crippen LogP contribution < -0.4 is 0 Å². The van der Waals surface area contributed by atoms with Crippen LogP contribution in [0.5, 0.6) is 0 Å². The second-order valence-electron chi connectivity index (χ2n) is 3.41. The van der Waals surface area contributed by atoms with Crippen molar-refractivity contribution in [3.63, 3.8) is 0 Å². The molecule has 0 aliphatic heterocycles. The van der Waals surface area contributed by atoms with Gasteiger partial charge in [-0.05, 0) is 12.5 Å². The molecule has 1 atom stereocenters. The molecular weight excluding hydrogens is 208 g/mol. The minimum atomic E-state index is -0.0406. The molecule has 1 aromatic rings. The summed E-state index contributed by atoms with van der Waals surface area (Å²) in [5.74, 6) is 0.109. The summed E-state index contributed by atoms with van der Waals surface area (Å²) in [5.41, 5.74) is 1.04. The predicted molar refractivity (Wildman–Crippen MR) is 62.8 cm³/mol. The molecule has 0 spiro atoms. The van der Waals surface area contributed by atoms with Gasteiger partial charge in [0.1, 0.15) is 5.78 Å². The lowest BCUT2D eigenvalue weighted by Gasteiger charge is -2.13. The molecule has 80 valence electrons. The average Bonchev–Trinajstić information content (AvgIpc) is 2.17. The van der Waals surface area contributed by atoms with E-state index in [1.165, 1.54) is 18.7 Å². The molecule has 15 heavy (non-hydrogen) atoms. The standard InChI is InChI=1S/C12H14O2S/c1-9(13)8-12(15-10(2)14)11-6-4-3-5-7-11/h3-7,12H,8H2,1-2H3. The number of carbonyl (C=O) groups is 2. The van der Waals surface area contributed by atoms with Gasteiger partial charge < -0.3 is 0 Å². The zero-order valence-electron chi connectivity index (χ0n) is 8.90. The van der Waals surface area contributed by atoms with Gasteiger partial charge in [0, 0.05) is 18.6 Å². The van der Waals surface area contributed by atoms with Gasteiger partial charge in [-0.15, -0.1) is 0 Å². The minimum Gasteiger partial charge on any atom is -0.300 e. The molecule has 0 saturated heterocycles. The van der Waals surface area contributed by atoms with Crippen LogP contribution in [0.3, 0.4) is 0 Å². The maximum absolute atomic E-state index is 11.1. The quantitative estimate of drug-likeness (QED) is 0.785. The molecule has 0 radical (unpaired) electrons. The maximum Gasteiger partial charge on any atom is 0.186 e. The third-order valence-electron chi connectivity index (χ3n) is 1.95. The normalized spacial score (nSPS) is 12.1. The third-order valence-corrected chi connectivity index (χ3v) is 3.01. The number of thioether (sulfide) groups is 1. The van der Waals surface area contributed by atoms with Crippen molar-refractivity contribution < 1.29 is 9.59 Å². The van der Waals surface area contributed by atoms with Gasteiger partial charge in [0.05, 0.1) is 0 Å².